The van der Waals surface area contributed by atoms with Gasteiger partial charge in [-0.1, -0.05) is 68.3 Å². The molecule has 1 amide bonds. The highest BCUT2D eigenvalue weighted by molar-refractivity contribution is 6.00. The van der Waals surface area contributed by atoms with Crippen molar-refractivity contribution in [1.29, 1.82) is 0 Å². The molecule has 0 bridgehead atoms. The maximum Gasteiger partial charge on any atom is 0.235 e. The molecule has 4 nitrogen and oxygen atoms in total. The average molecular weight is 420 g/mol. The number of piperazine rings is 1. The van der Waals surface area contributed by atoms with E-state index < -0.39 is 5.41 Å². The van der Waals surface area contributed by atoms with E-state index in [0.29, 0.717) is 12.6 Å². The minimum absolute atomic E-state index is 0.154. The predicted octanol–water partition coefficient (Wildman–Crippen LogP) is 4.33. The molecule has 1 aliphatic heterocycles. The number of carbonyl (C=O) groups is 1. The van der Waals surface area contributed by atoms with Gasteiger partial charge in [-0.15, -0.1) is 0 Å². The zero-order chi connectivity index (χ0) is 21.7. The van der Waals surface area contributed by atoms with Crippen LogP contribution in [0.15, 0.2) is 48.5 Å². The van der Waals surface area contributed by atoms with Gasteiger partial charge in [0.25, 0.3) is 0 Å². The Morgan fingerprint density at radius 3 is 2.19 bits per heavy atom. The molecular weight excluding hydrogens is 382 g/mol. The molecule has 0 spiro atoms. The molecule has 31 heavy (non-hydrogen) atoms. The average Bonchev–Trinajstić information content (AvgIpc) is 3.10. The van der Waals surface area contributed by atoms with Crippen LogP contribution in [0.3, 0.4) is 0 Å². The Hall–Kier alpha value is -2.17. The fourth-order valence-corrected chi connectivity index (χ4v) is 5.76. The topological polar surface area (TPSA) is 44.4 Å². The van der Waals surface area contributed by atoms with Crippen molar-refractivity contribution in [2.75, 3.05) is 32.7 Å². The van der Waals surface area contributed by atoms with Crippen molar-refractivity contribution < 1.29 is 4.79 Å². The van der Waals surface area contributed by atoms with Crippen molar-refractivity contribution in [3.8, 4) is 11.1 Å². The van der Waals surface area contributed by atoms with Gasteiger partial charge in [0.15, 0.2) is 0 Å². The summed E-state index contributed by atoms with van der Waals surface area (Å²) in [7, 11) is 0. The SMILES string of the molecule is CCCC(CCCC1(C(=O)NCC)c2ccccc2-c2ccccc21)N1CCNCC1. The molecule has 1 aliphatic carbocycles. The van der Waals surface area contributed by atoms with Crippen LogP contribution in [0.25, 0.3) is 11.1 Å². The van der Waals surface area contributed by atoms with Crippen LogP contribution in [0.4, 0.5) is 0 Å². The zero-order valence-electron chi connectivity index (χ0n) is 19.1. The van der Waals surface area contributed by atoms with Gasteiger partial charge in [0.1, 0.15) is 5.41 Å². The largest absolute Gasteiger partial charge is 0.355 e. The van der Waals surface area contributed by atoms with Crippen molar-refractivity contribution in [2.24, 2.45) is 0 Å². The van der Waals surface area contributed by atoms with Crippen LogP contribution in [0.2, 0.25) is 0 Å². The van der Waals surface area contributed by atoms with E-state index in [0.717, 1.165) is 45.4 Å². The first-order chi connectivity index (χ1) is 15.2. The molecule has 1 heterocycles. The Labute approximate surface area is 187 Å². The number of likely N-dealkylation sites (N-methyl/N-ethyl adjacent to an activating group) is 1. The van der Waals surface area contributed by atoms with E-state index in [2.05, 4.69) is 71.0 Å². The number of hydrogen-bond acceptors (Lipinski definition) is 3. The van der Waals surface area contributed by atoms with Gasteiger partial charge in [-0.3, -0.25) is 9.69 Å². The molecule has 0 aromatic heterocycles. The van der Waals surface area contributed by atoms with Gasteiger partial charge in [0.2, 0.25) is 5.91 Å². The molecule has 4 rings (SSSR count). The van der Waals surface area contributed by atoms with Gasteiger partial charge in [-0.05, 0) is 48.4 Å². The number of fused-ring (bicyclic) bond motifs is 3. The Kier molecular flexibility index (Phi) is 7.09. The van der Waals surface area contributed by atoms with Crippen molar-refractivity contribution >= 4 is 5.91 Å². The summed E-state index contributed by atoms with van der Waals surface area (Å²) in [5.41, 5.74) is 4.21. The molecule has 1 unspecified atom stereocenters. The normalized spacial score (nSPS) is 18.3. The van der Waals surface area contributed by atoms with Crippen LogP contribution in [-0.2, 0) is 10.2 Å². The number of hydrogen-bond donors (Lipinski definition) is 2. The maximum absolute atomic E-state index is 13.7. The standard InChI is InChI=1S/C27H37N3O/c1-3-10-21(30-19-17-28-18-20-30)11-9-16-27(26(31)29-4-2)24-14-7-5-12-22(24)23-13-6-8-15-25(23)27/h5-8,12-15,21,28H,3-4,9-11,16-20H2,1-2H3,(H,29,31). The molecule has 2 aliphatic rings. The monoisotopic (exact) mass is 419 g/mol. The molecule has 166 valence electrons. The first-order valence-corrected chi connectivity index (χ1v) is 12.1. The molecule has 0 radical (unpaired) electrons. The Balaban J connectivity index is 1.63. The smallest absolute Gasteiger partial charge is 0.235 e. The Morgan fingerprint density at radius 2 is 1.61 bits per heavy atom. The Bertz CT molecular complexity index is 842. The van der Waals surface area contributed by atoms with Gasteiger partial charge < -0.3 is 10.6 Å². The minimum Gasteiger partial charge on any atom is -0.355 e. The van der Waals surface area contributed by atoms with Gasteiger partial charge in [-0.25, -0.2) is 0 Å². The summed E-state index contributed by atoms with van der Waals surface area (Å²) in [6, 6.07) is 17.7. The van der Waals surface area contributed by atoms with E-state index in [1.165, 1.54) is 35.1 Å². The summed E-state index contributed by atoms with van der Waals surface area (Å²) in [6.45, 7) is 9.41. The van der Waals surface area contributed by atoms with Gasteiger partial charge in [-0.2, -0.15) is 0 Å². The number of amides is 1. The van der Waals surface area contributed by atoms with E-state index in [4.69, 9.17) is 0 Å². The van der Waals surface area contributed by atoms with Crippen LogP contribution >= 0.6 is 0 Å². The highest BCUT2D eigenvalue weighted by atomic mass is 16.2. The molecule has 2 aromatic rings. The Morgan fingerprint density at radius 1 is 1.00 bits per heavy atom. The van der Waals surface area contributed by atoms with Crippen molar-refractivity contribution in [1.82, 2.24) is 15.5 Å². The highest BCUT2D eigenvalue weighted by Gasteiger charge is 2.48. The fourth-order valence-electron chi connectivity index (χ4n) is 5.76. The molecule has 1 fully saturated rings. The molecule has 2 aromatic carbocycles. The molecule has 4 heteroatoms. The van der Waals surface area contributed by atoms with E-state index in [1.54, 1.807) is 0 Å². The summed E-state index contributed by atoms with van der Waals surface area (Å²) >= 11 is 0. The predicted molar refractivity (Wildman–Crippen MR) is 128 cm³/mol. The summed E-state index contributed by atoms with van der Waals surface area (Å²) in [5.74, 6) is 0.154. The zero-order valence-corrected chi connectivity index (χ0v) is 19.1. The first-order valence-electron chi connectivity index (χ1n) is 12.1. The third kappa shape index (κ3) is 4.16. The van der Waals surface area contributed by atoms with E-state index in [-0.39, 0.29) is 5.91 Å². The van der Waals surface area contributed by atoms with Crippen molar-refractivity contribution in [3.05, 3.63) is 59.7 Å². The minimum atomic E-state index is -0.580. The number of rotatable bonds is 9. The van der Waals surface area contributed by atoms with Crippen molar-refractivity contribution in [2.45, 2.75) is 57.4 Å². The second-order valence-electron chi connectivity index (χ2n) is 8.98. The lowest BCUT2D eigenvalue weighted by molar-refractivity contribution is -0.125. The third-order valence-corrected chi connectivity index (χ3v) is 7.17. The molecule has 2 N–H and O–H groups in total. The van der Waals surface area contributed by atoms with Gasteiger partial charge in [0, 0.05) is 38.8 Å². The summed E-state index contributed by atoms with van der Waals surface area (Å²) < 4.78 is 0. The van der Waals surface area contributed by atoms with Crippen LogP contribution in [0.5, 0.6) is 0 Å². The van der Waals surface area contributed by atoms with Gasteiger partial charge >= 0.3 is 0 Å². The number of nitrogens with one attached hydrogen (secondary N) is 2. The summed E-state index contributed by atoms with van der Waals surface area (Å²) in [6.07, 6.45) is 5.51. The molecule has 0 saturated carbocycles. The number of nitrogens with zero attached hydrogens (tertiary/aromatic N) is 1. The van der Waals surface area contributed by atoms with Crippen LogP contribution < -0.4 is 10.6 Å². The van der Waals surface area contributed by atoms with E-state index in [1.807, 2.05) is 6.92 Å². The first kappa shape index (κ1) is 22.0. The lowest BCUT2D eigenvalue weighted by atomic mass is 9.73. The van der Waals surface area contributed by atoms with Crippen LogP contribution in [0, 0.1) is 0 Å². The third-order valence-electron chi connectivity index (χ3n) is 7.17. The van der Waals surface area contributed by atoms with Crippen molar-refractivity contribution in [3.63, 3.8) is 0 Å². The molecule has 1 saturated heterocycles. The quantitative estimate of drug-likeness (QED) is 0.636. The van der Waals surface area contributed by atoms with Gasteiger partial charge in [0.05, 0.1) is 0 Å². The number of benzene rings is 2. The lowest BCUT2D eigenvalue weighted by Crippen LogP contribution is -2.48. The van der Waals surface area contributed by atoms with E-state index in [9.17, 15) is 4.79 Å². The molecule has 1 atom stereocenters. The lowest BCUT2D eigenvalue weighted by Gasteiger charge is -2.36. The number of carbonyl (C=O) groups excluding carboxylic acids is 1. The summed E-state index contributed by atoms with van der Waals surface area (Å²) in [4.78, 5) is 16.3. The van der Waals surface area contributed by atoms with Crippen LogP contribution in [-0.4, -0.2) is 49.6 Å². The second kappa shape index (κ2) is 9.97. The highest BCUT2D eigenvalue weighted by Crippen LogP contribution is 2.51. The second-order valence-corrected chi connectivity index (χ2v) is 8.98. The van der Waals surface area contributed by atoms with E-state index >= 15 is 0 Å². The van der Waals surface area contributed by atoms with Crippen LogP contribution in [0.1, 0.15) is 57.1 Å². The summed E-state index contributed by atoms with van der Waals surface area (Å²) in [5, 5.41) is 6.65. The fraction of sp³-hybridized carbons (Fsp3) is 0.519. The maximum atomic E-state index is 13.7. The molecular formula is C27H37N3O.